The number of anilines is 1. The van der Waals surface area contributed by atoms with Crippen molar-refractivity contribution in [1.82, 2.24) is 4.57 Å². The van der Waals surface area contributed by atoms with Gasteiger partial charge >= 0.3 is 0 Å². The van der Waals surface area contributed by atoms with E-state index in [0.29, 0.717) is 25.4 Å². The lowest BCUT2D eigenvalue weighted by atomic mass is 10.1. The number of amides is 1. The van der Waals surface area contributed by atoms with Crippen molar-refractivity contribution in [3.05, 3.63) is 95.2 Å². The molecule has 0 bridgehead atoms. The van der Waals surface area contributed by atoms with Crippen molar-refractivity contribution in [3.8, 4) is 17.6 Å². The Balaban J connectivity index is 1.52. The van der Waals surface area contributed by atoms with Gasteiger partial charge < -0.3 is 19.4 Å². The lowest BCUT2D eigenvalue weighted by Gasteiger charge is -2.11. The van der Waals surface area contributed by atoms with Crippen LogP contribution in [-0.4, -0.2) is 23.7 Å². The van der Waals surface area contributed by atoms with Gasteiger partial charge in [-0.15, -0.1) is 0 Å². The predicted octanol–water partition coefficient (Wildman–Crippen LogP) is 6.28. The monoisotopic (exact) mass is 479 g/mol. The quantitative estimate of drug-likeness (QED) is 0.226. The van der Waals surface area contributed by atoms with Crippen LogP contribution in [0.3, 0.4) is 0 Å². The fourth-order valence-electron chi connectivity index (χ4n) is 4.00. The van der Waals surface area contributed by atoms with Gasteiger partial charge in [0.15, 0.2) is 0 Å². The van der Waals surface area contributed by atoms with E-state index in [4.69, 9.17) is 9.47 Å². The Morgan fingerprint density at radius 2 is 1.83 bits per heavy atom. The van der Waals surface area contributed by atoms with Crippen molar-refractivity contribution in [1.29, 1.82) is 5.26 Å². The largest absolute Gasteiger partial charge is 0.494 e. The van der Waals surface area contributed by atoms with Crippen LogP contribution in [0, 0.1) is 25.2 Å². The van der Waals surface area contributed by atoms with Crippen LogP contribution in [0.15, 0.2) is 78.5 Å². The number of nitrogens with zero attached hydrogens (tertiary/aromatic N) is 2. The number of para-hydroxylation sites is 1. The second kappa shape index (κ2) is 11.3. The molecule has 0 aliphatic rings. The van der Waals surface area contributed by atoms with Crippen LogP contribution >= 0.6 is 0 Å². The minimum atomic E-state index is -0.461. The molecule has 0 aliphatic carbocycles. The molecular weight excluding hydrogens is 450 g/mol. The van der Waals surface area contributed by atoms with E-state index < -0.39 is 5.91 Å². The van der Waals surface area contributed by atoms with Crippen molar-refractivity contribution >= 4 is 28.6 Å². The molecule has 0 saturated carbocycles. The number of carbonyl (C=O) groups is 1. The highest BCUT2D eigenvalue weighted by Crippen LogP contribution is 2.25. The number of fused-ring (bicyclic) bond motifs is 1. The summed E-state index contributed by atoms with van der Waals surface area (Å²) in [6.45, 7) is 7.68. The molecule has 0 saturated heterocycles. The highest BCUT2D eigenvalue weighted by Gasteiger charge is 2.13. The second-order valence-corrected chi connectivity index (χ2v) is 8.49. The third kappa shape index (κ3) is 5.76. The Morgan fingerprint density at radius 1 is 1.06 bits per heavy atom. The number of carbonyl (C=O) groups excluding carboxylic acids is 1. The smallest absolute Gasteiger partial charge is 0.266 e. The molecule has 6 nitrogen and oxygen atoms in total. The fraction of sp³-hybridized carbons (Fsp3) is 0.200. The molecule has 0 aliphatic heterocycles. The topological polar surface area (TPSA) is 76.3 Å². The van der Waals surface area contributed by atoms with Gasteiger partial charge in [-0.25, -0.2) is 0 Å². The minimum Gasteiger partial charge on any atom is -0.494 e. The molecule has 4 rings (SSSR count). The standard InChI is InChI=1S/C30H29N3O3/c1-4-35-26-13-11-25(12-14-26)32-30(34)23(19-31)18-24-20-33(28-8-6-5-7-27(24)28)15-16-36-29-17-21(2)9-10-22(29)3/h5-14,17-18,20H,4,15-16H2,1-3H3,(H,32,34)/b23-18+. The first-order chi connectivity index (χ1) is 17.5. The van der Waals surface area contributed by atoms with Crippen LogP contribution in [0.5, 0.6) is 11.5 Å². The van der Waals surface area contributed by atoms with Crippen molar-refractivity contribution < 1.29 is 14.3 Å². The fourth-order valence-corrected chi connectivity index (χ4v) is 4.00. The number of aryl methyl sites for hydroxylation is 2. The van der Waals surface area contributed by atoms with E-state index in [-0.39, 0.29) is 5.57 Å². The van der Waals surface area contributed by atoms with Crippen LogP contribution in [0.2, 0.25) is 0 Å². The minimum absolute atomic E-state index is 0.0263. The molecule has 182 valence electrons. The van der Waals surface area contributed by atoms with Gasteiger partial charge in [0.1, 0.15) is 29.7 Å². The summed E-state index contributed by atoms with van der Waals surface area (Å²) in [5, 5.41) is 13.5. The zero-order valence-corrected chi connectivity index (χ0v) is 20.7. The van der Waals surface area contributed by atoms with Gasteiger partial charge in [-0.2, -0.15) is 5.26 Å². The Morgan fingerprint density at radius 3 is 2.58 bits per heavy atom. The van der Waals surface area contributed by atoms with Gasteiger partial charge in [-0.05, 0) is 74.4 Å². The molecule has 1 heterocycles. The number of ether oxygens (including phenoxy) is 2. The first-order valence-electron chi connectivity index (χ1n) is 11.9. The maximum atomic E-state index is 12.8. The van der Waals surface area contributed by atoms with Crippen molar-refractivity contribution in [2.45, 2.75) is 27.3 Å². The molecule has 36 heavy (non-hydrogen) atoms. The summed E-state index contributed by atoms with van der Waals surface area (Å²) >= 11 is 0. The lowest BCUT2D eigenvalue weighted by Crippen LogP contribution is -2.13. The molecular formula is C30H29N3O3. The highest BCUT2D eigenvalue weighted by atomic mass is 16.5. The number of nitrogens with one attached hydrogen (secondary N) is 1. The Hall–Kier alpha value is -4.50. The van der Waals surface area contributed by atoms with E-state index in [1.807, 2.05) is 63.4 Å². The zero-order chi connectivity index (χ0) is 25.5. The molecule has 0 radical (unpaired) electrons. The molecule has 1 N–H and O–H groups in total. The molecule has 1 aromatic heterocycles. The Kier molecular flexibility index (Phi) is 7.72. The third-order valence-electron chi connectivity index (χ3n) is 5.84. The van der Waals surface area contributed by atoms with Gasteiger partial charge in [-0.1, -0.05) is 30.3 Å². The maximum Gasteiger partial charge on any atom is 0.266 e. The summed E-state index contributed by atoms with van der Waals surface area (Å²) in [6, 6.07) is 23.2. The van der Waals surface area contributed by atoms with Crippen LogP contribution < -0.4 is 14.8 Å². The lowest BCUT2D eigenvalue weighted by molar-refractivity contribution is -0.112. The molecule has 1 amide bonds. The van der Waals surface area contributed by atoms with Gasteiger partial charge in [0.2, 0.25) is 0 Å². The van der Waals surface area contributed by atoms with Gasteiger partial charge in [0.05, 0.1) is 13.2 Å². The summed E-state index contributed by atoms with van der Waals surface area (Å²) in [5.41, 5.74) is 4.68. The number of hydrogen-bond acceptors (Lipinski definition) is 4. The maximum absolute atomic E-state index is 12.8. The molecule has 0 fully saturated rings. The summed E-state index contributed by atoms with van der Waals surface area (Å²) in [5.74, 6) is 1.14. The molecule has 0 atom stereocenters. The average Bonchev–Trinajstić information content (AvgIpc) is 3.23. The molecule has 4 aromatic rings. The molecule has 3 aromatic carbocycles. The van der Waals surface area contributed by atoms with E-state index in [0.717, 1.165) is 39.1 Å². The Labute approximate surface area is 211 Å². The number of benzene rings is 3. The van der Waals surface area contributed by atoms with Crippen LogP contribution in [-0.2, 0) is 11.3 Å². The van der Waals surface area contributed by atoms with Crippen molar-refractivity contribution in [2.75, 3.05) is 18.5 Å². The second-order valence-electron chi connectivity index (χ2n) is 8.49. The third-order valence-corrected chi connectivity index (χ3v) is 5.84. The van der Waals surface area contributed by atoms with Gasteiger partial charge in [0, 0.05) is 28.4 Å². The number of hydrogen-bond donors (Lipinski definition) is 1. The van der Waals surface area contributed by atoms with Crippen molar-refractivity contribution in [2.24, 2.45) is 0 Å². The number of rotatable bonds is 9. The highest BCUT2D eigenvalue weighted by molar-refractivity contribution is 6.10. The number of aromatic nitrogens is 1. The normalized spacial score (nSPS) is 11.2. The average molecular weight is 480 g/mol. The van der Waals surface area contributed by atoms with Gasteiger partial charge in [0.25, 0.3) is 5.91 Å². The van der Waals surface area contributed by atoms with E-state index in [9.17, 15) is 10.1 Å². The molecule has 0 unspecified atom stereocenters. The SMILES string of the molecule is CCOc1ccc(NC(=O)/C(C#N)=C/c2cn(CCOc3cc(C)ccc3C)c3ccccc23)cc1. The predicted molar refractivity (Wildman–Crippen MR) is 143 cm³/mol. The summed E-state index contributed by atoms with van der Waals surface area (Å²) < 4.78 is 13.6. The van der Waals surface area contributed by atoms with Crippen LogP contribution in [0.4, 0.5) is 5.69 Å². The van der Waals surface area contributed by atoms with E-state index in [1.165, 1.54) is 0 Å². The Bertz CT molecular complexity index is 1440. The number of nitriles is 1. The van der Waals surface area contributed by atoms with Crippen molar-refractivity contribution in [3.63, 3.8) is 0 Å². The van der Waals surface area contributed by atoms with E-state index in [2.05, 4.69) is 22.0 Å². The van der Waals surface area contributed by atoms with Gasteiger partial charge in [-0.3, -0.25) is 4.79 Å². The zero-order valence-electron chi connectivity index (χ0n) is 20.7. The first-order valence-corrected chi connectivity index (χ1v) is 11.9. The molecule has 0 spiro atoms. The van der Waals surface area contributed by atoms with Crippen LogP contribution in [0.1, 0.15) is 23.6 Å². The summed E-state index contributed by atoms with van der Waals surface area (Å²) in [6.07, 6.45) is 3.59. The van der Waals surface area contributed by atoms with E-state index >= 15 is 0 Å². The van der Waals surface area contributed by atoms with Crippen LogP contribution in [0.25, 0.3) is 17.0 Å². The first kappa shape index (κ1) is 24.6. The molecule has 6 heteroatoms. The summed E-state index contributed by atoms with van der Waals surface area (Å²) in [7, 11) is 0. The summed E-state index contributed by atoms with van der Waals surface area (Å²) in [4.78, 5) is 12.8. The van der Waals surface area contributed by atoms with E-state index in [1.54, 1.807) is 30.3 Å².